The van der Waals surface area contributed by atoms with Crippen molar-refractivity contribution in [2.24, 2.45) is 0 Å². The molecule has 0 aliphatic carbocycles. The first-order chi connectivity index (χ1) is 9.19. The van der Waals surface area contributed by atoms with Gasteiger partial charge in [0, 0.05) is 0 Å². The van der Waals surface area contributed by atoms with Crippen LogP contribution in [0.15, 0.2) is 12.1 Å². The Labute approximate surface area is 120 Å². The lowest BCUT2D eigenvalue weighted by molar-refractivity contribution is 0.589. The minimum absolute atomic E-state index is 1.16. The van der Waals surface area contributed by atoms with Gasteiger partial charge in [0.1, 0.15) is 0 Å². The number of rotatable bonds is 9. The summed E-state index contributed by atoms with van der Waals surface area (Å²) in [7, 11) is 0. The second kappa shape index (κ2) is 9.18. The Balaban J connectivity index is 2.33. The Morgan fingerprint density at radius 1 is 0.684 bits per heavy atom. The van der Waals surface area contributed by atoms with Gasteiger partial charge in [-0.3, -0.25) is 0 Å². The second-order valence-electron chi connectivity index (χ2n) is 5.93. The van der Waals surface area contributed by atoms with Crippen LogP contribution in [0.25, 0.3) is 0 Å². The van der Waals surface area contributed by atoms with E-state index in [-0.39, 0.29) is 0 Å². The summed E-state index contributed by atoms with van der Waals surface area (Å²) in [6.45, 7) is 9.05. The number of unbranched alkanes of at least 4 members (excludes halogenated alkanes) is 6. The molecular weight excluding hydrogens is 228 g/mol. The zero-order valence-electron chi connectivity index (χ0n) is 13.5. The Bertz CT molecular complexity index is 363. The Hall–Kier alpha value is -0.780. The standard InChI is InChI=1S/C19H32/c1-5-7-8-9-10-11-12-13-19-15-18(6-2)16(3)14-17(19)4/h14-15H,5-13H2,1-4H3. The van der Waals surface area contributed by atoms with E-state index in [2.05, 4.69) is 39.8 Å². The summed E-state index contributed by atoms with van der Waals surface area (Å²) in [5, 5.41) is 0. The van der Waals surface area contributed by atoms with Crippen molar-refractivity contribution >= 4 is 0 Å². The molecule has 0 aromatic heterocycles. The van der Waals surface area contributed by atoms with Gasteiger partial charge in [-0.2, -0.15) is 0 Å². The second-order valence-corrected chi connectivity index (χ2v) is 5.93. The van der Waals surface area contributed by atoms with E-state index in [1.165, 1.54) is 68.1 Å². The molecule has 0 heteroatoms. The van der Waals surface area contributed by atoms with Crippen LogP contribution in [0.5, 0.6) is 0 Å². The summed E-state index contributed by atoms with van der Waals surface area (Å²) >= 11 is 0. The normalized spacial score (nSPS) is 10.9. The third kappa shape index (κ3) is 5.80. The molecule has 0 bridgehead atoms. The lowest BCUT2D eigenvalue weighted by Gasteiger charge is -2.11. The average Bonchev–Trinajstić information content (AvgIpc) is 2.40. The van der Waals surface area contributed by atoms with Crippen LogP contribution in [0.4, 0.5) is 0 Å². The van der Waals surface area contributed by atoms with Crippen molar-refractivity contribution in [2.75, 3.05) is 0 Å². The lowest BCUT2D eigenvalue weighted by Crippen LogP contribution is -1.96. The third-order valence-corrected chi connectivity index (χ3v) is 4.23. The molecule has 1 rings (SSSR count). The number of aryl methyl sites for hydroxylation is 4. The molecule has 0 saturated heterocycles. The molecule has 0 amide bonds. The number of hydrogen-bond acceptors (Lipinski definition) is 0. The summed E-state index contributed by atoms with van der Waals surface area (Å²) in [6, 6.07) is 4.82. The first-order valence-electron chi connectivity index (χ1n) is 8.28. The van der Waals surface area contributed by atoms with Gasteiger partial charge >= 0.3 is 0 Å². The van der Waals surface area contributed by atoms with Crippen molar-refractivity contribution in [3.8, 4) is 0 Å². The fraction of sp³-hybridized carbons (Fsp3) is 0.684. The maximum atomic E-state index is 2.45. The van der Waals surface area contributed by atoms with Gasteiger partial charge in [-0.05, 0) is 55.4 Å². The average molecular weight is 260 g/mol. The molecule has 0 N–H and O–H groups in total. The van der Waals surface area contributed by atoms with E-state index in [9.17, 15) is 0 Å². The van der Waals surface area contributed by atoms with Crippen LogP contribution in [-0.4, -0.2) is 0 Å². The molecule has 108 valence electrons. The lowest BCUT2D eigenvalue weighted by atomic mass is 9.95. The largest absolute Gasteiger partial charge is 0.0654 e. The predicted molar refractivity (Wildman–Crippen MR) is 87.0 cm³/mol. The molecule has 0 spiro atoms. The molecule has 1 aromatic carbocycles. The van der Waals surface area contributed by atoms with Crippen LogP contribution in [-0.2, 0) is 12.8 Å². The third-order valence-electron chi connectivity index (χ3n) is 4.23. The predicted octanol–water partition coefficient (Wildman–Crippen LogP) is 6.16. The minimum atomic E-state index is 1.16. The summed E-state index contributed by atoms with van der Waals surface area (Å²) < 4.78 is 0. The van der Waals surface area contributed by atoms with E-state index in [1.54, 1.807) is 5.56 Å². The molecular formula is C19H32. The highest BCUT2D eigenvalue weighted by Crippen LogP contribution is 2.19. The number of benzene rings is 1. The van der Waals surface area contributed by atoms with E-state index >= 15 is 0 Å². The highest BCUT2D eigenvalue weighted by molar-refractivity contribution is 5.37. The monoisotopic (exact) mass is 260 g/mol. The van der Waals surface area contributed by atoms with Gasteiger partial charge < -0.3 is 0 Å². The van der Waals surface area contributed by atoms with Crippen molar-refractivity contribution < 1.29 is 0 Å². The molecule has 19 heavy (non-hydrogen) atoms. The summed E-state index contributed by atoms with van der Waals surface area (Å²) in [5.74, 6) is 0. The van der Waals surface area contributed by atoms with Crippen LogP contribution in [0.3, 0.4) is 0 Å². The maximum absolute atomic E-state index is 2.45. The fourth-order valence-electron chi connectivity index (χ4n) is 2.87. The first kappa shape index (κ1) is 16.3. The van der Waals surface area contributed by atoms with Gasteiger partial charge in [0.2, 0.25) is 0 Å². The topological polar surface area (TPSA) is 0 Å². The van der Waals surface area contributed by atoms with Crippen molar-refractivity contribution in [3.05, 3.63) is 34.4 Å². The van der Waals surface area contributed by atoms with Gasteiger partial charge in [0.05, 0.1) is 0 Å². The first-order valence-corrected chi connectivity index (χ1v) is 8.28. The molecule has 0 aliphatic heterocycles. The van der Waals surface area contributed by atoms with E-state index in [4.69, 9.17) is 0 Å². The van der Waals surface area contributed by atoms with E-state index in [0.717, 1.165) is 6.42 Å². The fourth-order valence-corrected chi connectivity index (χ4v) is 2.87. The van der Waals surface area contributed by atoms with Crippen LogP contribution in [0, 0.1) is 13.8 Å². The molecule has 0 radical (unpaired) electrons. The van der Waals surface area contributed by atoms with Crippen molar-refractivity contribution in [2.45, 2.75) is 85.5 Å². The summed E-state index contributed by atoms with van der Waals surface area (Å²) in [6.07, 6.45) is 12.2. The molecule has 0 aliphatic rings. The zero-order chi connectivity index (χ0) is 14.1. The number of hydrogen-bond donors (Lipinski definition) is 0. The van der Waals surface area contributed by atoms with E-state index in [0.29, 0.717) is 0 Å². The van der Waals surface area contributed by atoms with Crippen molar-refractivity contribution in [1.29, 1.82) is 0 Å². The maximum Gasteiger partial charge on any atom is -0.0276 e. The highest BCUT2D eigenvalue weighted by atomic mass is 14.1. The van der Waals surface area contributed by atoms with Gasteiger partial charge in [0.25, 0.3) is 0 Å². The van der Waals surface area contributed by atoms with Gasteiger partial charge in [-0.15, -0.1) is 0 Å². The Morgan fingerprint density at radius 3 is 1.89 bits per heavy atom. The van der Waals surface area contributed by atoms with Crippen LogP contribution in [0.2, 0.25) is 0 Å². The molecule has 0 heterocycles. The Morgan fingerprint density at radius 2 is 1.26 bits per heavy atom. The van der Waals surface area contributed by atoms with Crippen molar-refractivity contribution in [1.82, 2.24) is 0 Å². The van der Waals surface area contributed by atoms with Gasteiger partial charge in [0.15, 0.2) is 0 Å². The quantitative estimate of drug-likeness (QED) is 0.466. The molecule has 1 aromatic rings. The molecule has 0 nitrogen and oxygen atoms in total. The smallest absolute Gasteiger partial charge is 0.0276 e. The highest BCUT2D eigenvalue weighted by Gasteiger charge is 2.03. The van der Waals surface area contributed by atoms with Crippen molar-refractivity contribution in [3.63, 3.8) is 0 Å². The SMILES string of the molecule is CCCCCCCCCc1cc(CC)c(C)cc1C. The minimum Gasteiger partial charge on any atom is -0.0654 e. The molecule has 0 atom stereocenters. The van der Waals surface area contributed by atoms with Crippen LogP contribution < -0.4 is 0 Å². The zero-order valence-corrected chi connectivity index (χ0v) is 13.5. The molecule has 0 unspecified atom stereocenters. The van der Waals surface area contributed by atoms with Gasteiger partial charge in [-0.1, -0.05) is 64.5 Å². The Kier molecular flexibility index (Phi) is 7.86. The summed E-state index contributed by atoms with van der Waals surface area (Å²) in [4.78, 5) is 0. The summed E-state index contributed by atoms with van der Waals surface area (Å²) in [5.41, 5.74) is 6.06. The van der Waals surface area contributed by atoms with E-state index < -0.39 is 0 Å². The van der Waals surface area contributed by atoms with E-state index in [1.807, 2.05) is 0 Å². The molecule has 0 fully saturated rings. The van der Waals surface area contributed by atoms with Crippen LogP contribution in [0.1, 0.15) is 81.0 Å². The van der Waals surface area contributed by atoms with Crippen LogP contribution >= 0.6 is 0 Å². The van der Waals surface area contributed by atoms with Gasteiger partial charge in [-0.25, -0.2) is 0 Å². The molecule has 0 saturated carbocycles.